The van der Waals surface area contributed by atoms with Crippen LogP contribution in [0.2, 0.25) is 0 Å². The molecule has 0 aliphatic carbocycles. The average Bonchev–Trinajstić information content (AvgIpc) is 3.96. The van der Waals surface area contributed by atoms with E-state index in [0.717, 1.165) is 78.7 Å². The van der Waals surface area contributed by atoms with Crippen molar-refractivity contribution in [3.8, 4) is 50.2 Å². The molecule has 0 saturated heterocycles. The van der Waals surface area contributed by atoms with Crippen molar-refractivity contribution in [1.82, 2.24) is 33.4 Å². The van der Waals surface area contributed by atoms with Gasteiger partial charge in [-0.1, -0.05) is 127 Å². The molecule has 11 rings (SSSR count). The van der Waals surface area contributed by atoms with Crippen LogP contribution in [0.25, 0.3) is 88.9 Å². The third kappa shape index (κ3) is 4.59. The third-order valence-corrected chi connectivity index (χ3v) is 11.0. The number of nitrogens with zero attached hydrogens (tertiary/aromatic N) is 7. The number of fused-ring (bicyclic) bond motifs is 9. The minimum absolute atomic E-state index is 0.894. The molecule has 6 aromatic carbocycles. The van der Waals surface area contributed by atoms with Gasteiger partial charge in [0.2, 0.25) is 0 Å². The Balaban J connectivity index is 1.23. The zero-order valence-electron chi connectivity index (χ0n) is 30.6. The Morgan fingerprint density at radius 1 is 0.345 bits per heavy atom. The highest BCUT2D eigenvalue weighted by Gasteiger charge is 2.27. The molecule has 0 fully saturated rings. The van der Waals surface area contributed by atoms with Crippen molar-refractivity contribution in [2.45, 2.75) is 20.8 Å². The van der Waals surface area contributed by atoms with E-state index in [9.17, 15) is 0 Å². The molecule has 0 radical (unpaired) electrons. The standard InChI is InChI=1S/C48H35N7/c1-30-43(34-18-8-5-9-19-34)46-53-47(44(31(2)50-53)36-21-14-20-35(28-36)33-16-6-4-7-17-33)55-48(54(46)49-30)45(32(3)51-55)37-22-15-23-38(29-37)52-41-26-12-10-24-39(41)40-25-11-13-27-42(40)52/h4-29H,1-3H3. The van der Waals surface area contributed by atoms with Gasteiger partial charge in [-0.25, -0.2) is 0 Å². The molecular weight excluding hydrogens is 675 g/mol. The Kier molecular flexibility index (Phi) is 6.76. The van der Waals surface area contributed by atoms with Crippen LogP contribution in [0, 0.1) is 20.8 Å². The summed E-state index contributed by atoms with van der Waals surface area (Å²) in [6, 6.07) is 55.9. The second-order valence-corrected chi connectivity index (χ2v) is 14.3. The molecule has 0 aliphatic heterocycles. The predicted molar refractivity (Wildman–Crippen MR) is 223 cm³/mol. The van der Waals surface area contributed by atoms with Crippen molar-refractivity contribution < 1.29 is 0 Å². The van der Waals surface area contributed by atoms with Gasteiger partial charge in [-0.3, -0.25) is 0 Å². The van der Waals surface area contributed by atoms with Crippen molar-refractivity contribution in [2.75, 3.05) is 0 Å². The van der Waals surface area contributed by atoms with Gasteiger partial charge in [0.25, 0.3) is 0 Å². The predicted octanol–water partition coefficient (Wildman–Crippen LogP) is 11.3. The van der Waals surface area contributed by atoms with E-state index >= 15 is 0 Å². The molecule has 7 heteroatoms. The van der Waals surface area contributed by atoms with Crippen LogP contribution >= 0.6 is 0 Å². The Morgan fingerprint density at radius 2 is 0.745 bits per heavy atom. The first-order valence-electron chi connectivity index (χ1n) is 18.7. The molecule has 5 heterocycles. The number of aromatic nitrogens is 7. The zero-order valence-corrected chi connectivity index (χ0v) is 30.6. The summed E-state index contributed by atoms with van der Waals surface area (Å²) in [5.74, 6) is 0. The number of aryl methyl sites for hydroxylation is 3. The number of para-hydroxylation sites is 2. The Morgan fingerprint density at radius 3 is 1.29 bits per heavy atom. The van der Waals surface area contributed by atoms with Crippen molar-refractivity contribution in [3.05, 3.63) is 175 Å². The molecule has 0 N–H and O–H groups in total. The highest BCUT2D eigenvalue weighted by Crippen LogP contribution is 2.40. The number of benzene rings is 6. The minimum Gasteiger partial charge on any atom is -0.309 e. The quantitative estimate of drug-likeness (QED) is 0.179. The third-order valence-electron chi connectivity index (χ3n) is 11.0. The molecular formula is C48H35N7. The second-order valence-electron chi connectivity index (χ2n) is 14.3. The van der Waals surface area contributed by atoms with Crippen LogP contribution in [0.5, 0.6) is 0 Å². The molecule has 0 aliphatic rings. The van der Waals surface area contributed by atoms with E-state index < -0.39 is 0 Å². The van der Waals surface area contributed by atoms with Gasteiger partial charge in [-0.05, 0) is 78.9 Å². The molecule has 0 spiro atoms. The molecule has 0 unspecified atom stereocenters. The Labute approximate surface area is 317 Å². The number of rotatable bonds is 5. The van der Waals surface area contributed by atoms with E-state index in [1.54, 1.807) is 0 Å². The van der Waals surface area contributed by atoms with Gasteiger partial charge in [0, 0.05) is 33.2 Å². The molecule has 55 heavy (non-hydrogen) atoms. The highest BCUT2D eigenvalue weighted by molar-refractivity contribution is 6.09. The van der Waals surface area contributed by atoms with Crippen LogP contribution in [-0.2, 0) is 0 Å². The minimum atomic E-state index is 0.894. The lowest BCUT2D eigenvalue weighted by molar-refractivity contribution is 0.815. The summed E-state index contributed by atoms with van der Waals surface area (Å²) >= 11 is 0. The van der Waals surface area contributed by atoms with E-state index in [0.29, 0.717) is 0 Å². The van der Waals surface area contributed by atoms with Crippen LogP contribution < -0.4 is 0 Å². The fourth-order valence-electron chi connectivity index (χ4n) is 8.68. The molecule has 262 valence electrons. The summed E-state index contributed by atoms with van der Waals surface area (Å²) in [4.78, 5) is 0. The summed E-state index contributed by atoms with van der Waals surface area (Å²) in [5, 5.41) is 18.4. The SMILES string of the molecule is Cc1nn2c(c1-c1ccccc1)n1nc(C)c(-c3cccc(-c4ccccc4)c3)c1n1nc(C)c(-c3cccc(-n4c5ccccc5c5ccccc54)c3)c21. The summed E-state index contributed by atoms with van der Waals surface area (Å²) < 4.78 is 8.55. The Bertz CT molecular complexity index is 3230. The summed E-state index contributed by atoms with van der Waals surface area (Å²) in [5.41, 5.74) is 17.6. The first kappa shape index (κ1) is 31.3. The lowest BCUT2D eigenvalue weighted by Gasteiger charge is -2.11. The van der Waals surface area contributed by atoms with Crippen molar-refractivity contribution >= 4 is 38.7 Å². The second kappa shape index (κ2) is 11.9. The average molecular weight is 710 g/mol. The van der Waals surface area contributed by atoms with E-state index in [2.05, 4.69) is 197 Å². The van der Waals surface area contributed by atoms with Gasteiger partial charge in [-0.15, -0.1) is 0 Å². The van der Waals surface area contributed by atoms with Gasteiger partial charge in [0.05, 0.1) is 28.1 Å². The number of hydrogen-bond donors (Lipinski definition) is 0. The van der Waals surface area contributed by atoms with E-state index in [1.807, 2.05) is 0 Å². The highest BCUT2D eigenvalue weighted by atomic mass is 15.4. The lowest BCUT2D eigenvalue weighted by atomic mass is 9.99. The first-order valence-corrected chi connectivity index (χ1v) is 18.7. The van der Waals surface area contributed by atoms with Gasteiger partial charge < -0.3 is 4.57 Å². The van der Waals surface area contributed by atoms with Crippen LogP contribution in [0.1, 0.15) is 17.1 Å². The van der Waals surface area contributed by atoms with Gasteiger partial charge >= 0.3 is 0 Å². The maximum atomic E-state index is 5.34. The number of hydrogen-bond acceptors (Lipinski definition) is 3. The molecule has 11 aromatic rings. The maximum Gasteiger partial charge on any atom is 0.169 e. The van der Waals surface area contributed by atoms with Crippen LogP contribution in [-0.4, -0.2) is 33.4 Å². The molecule has 0 atom stereocenters. The van der Waals surface area contributed by atoms with Crippen molar-refractivity contribution in [2.24, 2.45) is 0 Å². The molecule has 5 aromatic heterocycles. The zero-order chi connectivity index (χ0) is 36.8. The lowest BCUT2D eigenvalue weighted by Crippen LogP contribution is -2.06. The van der Waals surface area contributed by atoms with Crippen LogP contribution in [0.15, 0.2) is 158 Å². The fraction of sp³-hybridized carbons (Fsp3) is 0.0625. The van der Waals surface area contributed by atoms with Crippen molar-refractivity contribution in [1.29, 1.82) is 0 Å². The van der Waals surface area contributed by atoms with E-state index in [1.165, 1.54) is 27.4 Å². The molecule has 0 amide bonds. The summed E-state index contributed by atoms with van der Waals surface area (Å²) in [6.07, 6.45) is 0. The summed E-state index contributed by atoms with van der Waals surface area (Å²) in [6.45, 7) is 6.28. The van der Waals surface area contributed by atoms with Gasteiger partial charge in [0.1, 0.15) is 0 Å². The topological polar surface area (TPSA) is 56.8 Å². The van der Waals surface area contributed by atoms with Gasteiger partial charge in [0.15, 0.2) is 16.9 Å². The van der Waals surface area contributed by atoms with Crippen LogP contribution in [0.4, 0.5) is 0 Å². The molecule has 7 nitrogen and oxygen atoms in total. The largest absolute Gasteiger partial charge is 0.309 e. The van der Waals surface area contributed by atoms with E-state index in [4.69, 9.17) is 15.3 Å². The summed E-state index contributed by atoms with van der Waals surface area (Å²) in [7, 11) is 0. The normalized spacial score (nSPS) is 11.9. The van der Waals surface area contributed by atoms with Gasteiger partial charge in [-0.2, -0.15) is 28.8 Å². The fourth-order valence-corrected chi connectivity index (χ4v) is 8.68. The maximum absolute atomic E-state index is 5.34. The van der Waals surface area contributed by atoms with E-state index in [-0.39, 0.29) is 0 Å². The Hall–Kier alpha value is -7.25. The van der Waals surface area contributed by atoms with Crippen molar-refractivity contribution in [3.63, 3.8) is 0 Å². The molecule has 0 saturated carbocycles. The smallest absolute Gasteiger partial charge is 0.169 e. The molecule has 0 bridgehead atoms. The first-order chi connectivity index (χ1) is 27.0. The monoisotopic (exact) mass is 709 g/mol. The van der Waals surface area contributed by atoms with Crippen LogP contribution in [0.3, 0.4) is 0 Å².